The van der Waals surface area contributed by atoms with Gasteiger partial charge in [0.1, 0.15) is 5.60 Å². The van der Waals surface area contributed by atoms with Crippen molar-refractivity contribution in [1.82, 2.24) is 5.32 Å². The van der Waals surface area contributed by atoms with E-state index in [0.29, 0.717) is 13.0 Å². The fourth-order valence-corrected chi connectivity index (χ4v) is 2.32. The number of ether oxygens (including phenoxy) is 1. The van der Waals surface area contributed by atoms with Gasteiger partial charge in [0.25, 0.3) is 0 Å². The zero-order chi connectivity index (χ0) is 14.8. The van der Waals surface area contributed by atoms with Crippen LogP contribution in [-0.4, -0.2) is 30.5 Å². The zero-order valence-corrected chi connectivity index (χ0v) is 11.2. The molecule has 0 saturated carbocycles. The highest BCUT2D eigenvalue weighted by molar-refractivity contribution is 5.32. The van der Waals surface area contributed by atoms with Gasteiger partial charge in [-0.05, 0) is 18.6 Å². The van der Waals surface area contributed by atoms with E-state index in [9.17, 15) is 18.3 Å². The summed E-state index contributed by atoms with van der Waals surface area (Å²) in [4.78, 5) is 0. The summed E-state index contributed by atoms with van der Waals surface area (Å²) in [6.45, 7) is 2.56. The van der Waals surface area contributed by atoms with Crippen LogP contribution >= 0.6 is 0 Å². The van der Waals surface area contributed by atoms with Crippen LogP contribution in [0.15, 0.2) is 24.3 Å². The molecule has 0 aromatic heterocycles. The minimum absolute atomic E-state index is 0.183. The van der Waals surface area contributed by atoms with Crippen molar-refractivity contribution in [2.24, 2.45) is 0 Å². The van der Waals surface area contributed by atoms with Gasteiger partial charge in [-0.1, -0.05) is 18.2 Å². The Morgan fingerprint density at radius 2 is 2.10 bits per heavy atom. The largest absolute Gasteiger partial charge is 0.416 e. The fourth-order valence-electron chi connectivity index (χ4n) is 2.32. The lowest BCUT2D eigenvalue weighted by Crippen LogP contribution is -2.42. The van der Waals surface area contributed by atoms with E-state index in [0.717, 1.165) is 6.07 Å². The lowest BCUT2D eigenvalue weighted by atomic mass is 9.99. The third kappa shape index (κ3) is 3.50. The van der Waals surface area contributed by atoms with E-state index >= 15 is 0 Å². The number of halogens is 3. The summed E-state index contributed by atoms with van der Waals surface area (Å²) in [5.74, 6) is 0. The molecule has 0 amide bonds. The Bertz CT molecular complexity index is 456. The number of nitrogens with one attached hydrogen (secondary N) is 1. The summed E-state index contributed by atoms with van der Waals surface area (Å²) in [7, 11) is 0. The lowest BCUT2D eigenvalue weighted by Gasteiger charge is -2.25. The maximum Gasteiger partial charge on any atom is 0.416 e. The molecule has 112 valence electrons. The molecule has 1 aliphatic heterocycles. The average molecular weight is 289 g/mol. The van der Waals surface area contributed by atoms with Crippen molar-refractivity contribution in [3.05, 3.63) is 35.4 Å². The van der Waals surface area contributed by atoms with Crippen molar-refractivity contribution < 1.29 is 23.0 Å². The molecule has 2 atom stereocenters. The number of alkyl halides is 3. The molecule has 1 aromatic rings. The van der Waals surface area contributed by atoms with Crippen molar-refractivity contribution >= 4 is 0 Å². The van der Waals surface area contributed by atoms with Crippen LogP contribution in [0.3, 0.4) is 0 Å². The molecule has 1 aromatic carbocycles. The Morgan fingerprint density at radius 1 is 1.40 bits per heavy atom. The molecule has 1 aliphatic rings. The Balaban J connectivity index is 2.07. The van der Waals surface area contributed by atoms with Crippen molar-refractivity contribution in [3.63, 3.8) is 0 Å². The van der Waals surface area contributed by atoms with Crippen LogP contribution in [0.25, 0.3) is 0 Å². The van der Waals surface area contributed by atoms with E-state index in [1.165, 1.54) is 12.1 Å². The second-order valence-electron chi connectivity index (χ2n) is 5.21. The monoisotopic (exact) mass is 289 g/mol. The van der Waals surface area contributed by atoms with Gasteiger partial charge in [-0.2, -0.15) is 13.2 Å². The normalized spacial score (nSPS) is 24.9. The van der Waals surface area contributed by atoms with Gasteiger partial charge in [0, 0.05) is 25.6 Å². The zero-order valence-electron chi connectivity index (χ0n) is 11.2. The molecule has 2 N–H and O–H groups in total. The molecule has 0 bridgehead atoms. The van der Waals surface area contributed by atoms with E-state index in [-0.39, 0.29) is 18.7 Å². The Labute approximate surface area is 115 Å². The van der Waals surface area contributed by atoms with Gasteiger partial charge < -0.3 is 15.2 Å². The highest BCUT2D eigenvalue weighted by atomic mass is 19.4. The number of rotatable bonds is 4. The van der Waals surface area contributed by atoms with Crippen LogP contribution in [0.2, 0.25) is 0 Å². The van der Waals surface area contributed by atoms with E-state index in [1.807, 2.05) is 0 Å². The first-order chi connectivity index (χ1) is 9.32. The van der Waals surface area contributed by atoms with Gasteiger partial charge in [-0.15, -0.1) is 0 Å². The lowest BCUT2D eigenvalue weighted by molar-refractivity contribution is -0.138. The number of hydrogen-bond acceptors (Lipinski definition) is 3. The maximum atomic E-state index is 12.9. The number of benzene rings is 1. The molecule has 2 unspecified atom stereocenters. The second kappa shape index (κ2) is 5.71. The predicted molar refractivity (Wildman–Crippen MR) is 68.2 cm³/mol. The summed E-state index contributed by atoms with van der Waals surface area (Å²) in [5, 5.41) is 13.1. The van der Waals surface area contributed by atoms with Crippen molar-refractivity contribution in [1.29, 1.82) is 0 Å². The predicted octanol–water partition coefficient (Wildman–Crippen LogP) is 2.51. The average Bonchev–Trinajstić information content (AvgIpc) is 2.82. The molecule has 2 rings (SSSR count). The van der Waals surface area contributed by atoms with Gasteiger partial charge in [0.2, 0.25) is 0 Å². The van der Waals surface area contributed by atoms with Gasteiger partial charge in [0.15, 0.2) is 0 Å². The van der Waals surface area contributed by atoms with Crippen molar-refractivity contribution in [2.75, 3.05) is 19.8 Å². The van der Waals surface area contributed by atoms with Crippen LogP contribution in [0.5, 0.6) is 0 Å². The summed E-state index contributed by atoms with van der Waals surface area (Å²) < 4.78 is 43.9. The van der Waals surface area contributed by atoms with Gasteiger partial charge in [-0.3, -0.25) is 0 Å². The summed E-state index contributed by atoms with van der Waals surface area (Å²) in [5.41, 5.74) is -1.45. The molecule has 0 radical (unpaired) electrons. The molecule has 1 fully saturated rings. The molecular weight excluding hydrogens is 271 g/mol. The molecular formula is C14H18F3NO2. The molecule has 6 heteroatoms. The van der Waals surface area contributed by atoms with E-state index in [4.69, 9.17) is 4.74 Å². The Kier molecular flexibility index (Phi) is 4.36. The third-order valence-corrected chi connectivity index (χ3v) is 3.55. The van der Waals surface area contributed by atoms with Crippen LogP contribution in [0.1, 0.15) is 30.5 Å². The highest BCUT2D eigenvalue weighted by Crippen LogP contribution is 2.34. The maximum absolute atomic E-state index is 12.9. The summed E-state index contributed by atoms with van der Waals surface area (Å²) >= 11 is 0. The molecule has 20 heavy (non-hydrogen) atoms. The van der Waals surface area contributed by atoms with Gasteiger partial charge in [-0.25, -0.2) is 0 Å². The molecule has 1 heterocycles. The van der Waals surface area contributed by atoms with Crippen LogP contribution in [0, 0.1) is 0 Å². The highest BCUT2D eigenvalue weighted by Gasteiger charge is 2.35. The second-order valence-corrected chi connectivity index (χ2v) is 5.21. The first-order valence-corrected chi connectivity index (χ1v) is 6.51. The van der Waals surface area contributed by atoms with Crippen LogP contribution < -0.4 is 5.32 Å². The van der Waals surface area contributed by atoms with Crippen molar-refractivity contribution in [3.8, 4) is 0 Å². The summed E-state index contributed by atoms with van der Waals surface area (Å²) in [6, 6.07) is 4.97. The molecule has 3 nitrogen and oxygen atoms in total. The minimum atomic E-state index is -4.38. The smallest absolute Gasteiger partial charge is 0.386 e. The minimum Gasteiger partial charge on any atom is -0.386 e. The van der Waals surface area contributed by atoms with E-state index in [1.54, 1.807) is 13.0 Å². The molecule has 0 aliphatic carbocycles. The number of hydrogen-bond donors (Lipinski definition) is 2. The fraction of sp³-hybridized carbons (Fsp3) is 0.571. The van der Waals surface area contributed by atoms with E-state index < -0.39 is 23.4 Å². The molecule has 0 spiro atoms. The standard InChI is InChI=1S/C14H18F3NO2/c1-10(18-8-13(19)6-7-20-9-13)11-4-2-3-5-12(11)14(15,16)17/h2-5,10,18-19H,6-9H2,1H3. The first-order valence-electron chi connectivity index (χ1n) is 6.51. The van der Waals surface area contributed by atoms with E-state index in [2.05, 4.69) is 5.32 Å². The SMILES string of the molecule is CC(NCC1(O)CCOC1)c1ccccc1C(F)(F)F. The van der Waals surface area contributed by atoms with Crippen LogP contribution in [-0.2, 0) is 10.9 Å². The van der Waals surface area contributed by atoms with Crippen molar-refractivity contribution in [2.45, 2.75) is 31.2 Å². The van der Waals surface area contributed by atoms with Gasteiger partial charge in [0.05, 0.1) is 12.2 Å². The Hall–Kier alpha value is -1.11. The topological polar surface area (TPSA) is 41.5 Å². The summed E-state index contributed by atoms with van der Waals surface area (Å²) in [6.07, 6.45) is -3.88. The molecule has 1 saturated heterocycles. The first kappa shape index (κ1) is 15.3. The quantitative estimate of drug-likeness (QED) is 0.895. The number of aliphatic hydroxyl groups is 1. The van der Waals surface area contributed by atoms with Crippen LogP contribution in [0.4, 0.5) is 13.2 Å². The van der Waals surface area contributed by atoms with Gasteiger partial charge >= 0.3 is 6.18 Å². The third-order valence-electron chi connectivity index (χ3n) is 3.55. The Morgan fingerprint density at radius 3 is 2.70 bits per heavy atom.